The summed E-state index contributed by atoms with van der Waals surface area (Å²) in [5.41, 5.74) is -0.523. The molecule has 0 aliphatic carbocycles. The van der Waals surface area contributed by atoms with E-state index >= 15 is 0 Å². The Morgan fingerprint density at radius 3 is 2.78 bits per heavy atom. The summed E-state index contributed by atoms with van der Waals surface area (Å²) in [4.78, 5) is 20.9. The number of nitrogens with zero attached hydrogens (tertiary/aromatic N) is 1. The van der Waals surface area contributed by atoms with E-state index < -0.39 is 34.0 Å². The molecule has 1 aromatic carbocycles. The van der Waals surface area contributed by atoms with Crippen LogP contribution in [-0.4, -0.2) is 24.1 Å². The second-order valence-corrected chi connectivity index (χ2v) is 3.49. The van der Waals surface area contributed by atoms with Crippen molar-refractivity contribution in [3.63, 3.8) is 0 Å². The van der Waals surface area contributed by atoms with Gasteiger partial charge in [0.1, 0.15) is 5.82 Å². The molecule has 1 aromatic rings. The molecule has 0 N–H and O–H groups in total. The van der Waals surface area contributed by atoms with Gasteiger partial charge in [0.15, 0.2) is 6.61 Å². The number of ether oxygens (including phenoxy) is 2. The Bertz CT molecular complexity index is 480. The molecule has 0 bridgehead atoms. The molecule has 6 nitrogen and oxygen atoms in total. The van der Waals surface area contributed by atoms with Crippen LogP contribution in [-0.2, 0) is 9.53 Å². The van der Waals surface area contributed by atoms with Gasteiger partial charge in [-0.15, -0.1) is 0 Å². The lowest BCUT2D eigenvalue weighted by Crippen LogP contribution is -2.15. The fourth-order valence-electron chi connectivity index (χ4n) is 1.12. The average molecular weight is 278 g/mol. The first-order valence-electron chi connectivity index (χ1n) is 4.87. The number of halogens is 2. The number of esters is 1. The van der Waals surface area contributed by atoms with E-state index in [0.29, 0.717) is 0 Å². The number of nitro groups is 1. The molecule has 0 radical (unpaired) electrons. The van der Waals surface area contributed by atoms with Gasteiger partial charge in [0.2, 0.25) is 5.75 Å². The third kappa shape index (κ3) is 3.56. The molecule has 0 saturated carbocycles. The zero-order valence-electron chi connectivity index (χ0n) is 9.31. The fourth-order valence-corrected chi connectivity index (χ4v) is 1.27. The van der Waals surface area contributed by atoms with Crippen molar-refractivity contribution in [1.82, 2.24) is 0 Å². The van der Waals surface area contributed by atoms with E-state index in [0.717, 1.165) is 12.1 Å². The molecule has 0 atom stereocenters. The standard InChI is InChI=1S/C10H9ClFNO5/c1-2-17-10(14)5-18-9-4-7(12)6(11)3-8(9)13(15)16/h3-4H,2,5H2,1H3. The summed E-state index contributed by atoms with van der Waals surface area (Å²) < 4.78 is 22.5. The fraction of sp³-hybridized carbons (Fsp3) is 0.300. The minimum Gasteiger partial charge on any atom is -0.475 e. The summed E-state index contributed by atoms with van der Waals surface area (Å²) in [5, 5.41) is 10.3. The topological polar surface area (TPSA) is 78.7 Å². The van der Waals surface area contributed by atoms with Crippen molar-refractivity contribution >= 4 is 23.3 Å². The van der Waals surface area contributed by atoms with E-state index in [1.54, 1.807) is 6.92 Å². The second-order valence-electron chi connectivity index (χ2n) is 3.08. The first-order valence-corrected chi connectivity index (χ1v) is 5.25. The Balaban J connectivity index is 2.90. The van der Waals surface area contributed by atoms with Gasteiger partial charge >= 0.3 is 11.7 Å². The van der Waals surface area contributed by atoms with Crippen LogP contribution in [0.5, 0.6) is 5.75 Å². The van der Waals surface area contributed by atoms with Gasteiger partial charge in [-0.2, -0.15) is 0 Å². The van der Waals surface area contributed by atoms with Crippen molar-refractivity contribution in [3.8, 4) is 5.75 Å². The zero-order valence-corrected chi connectivity index (χ0v) is 10.1. The lowest BCUT2D eigenvalue weighted by atomic mass is 10.3. The highest BCUT2D eigenvalue weighted by Crippen LogP contribution is 2.32. The van der Waals surface area contributed by atoms with Crippen LogP contribution >= 0.6 is 11.6 Å². The third-order valence-corrected chi connectivity index (χ3v) is 2.14. The SMILES string of the molecule is CCOC(=O)COc1cc(F)c(Cl)cc1[N+](=O)[O-]. The van der Waals surface area contributed by atoms with Crippen LogP contribution in [0.15, 0.2) is 12.1 Å². The number of hydrogen-bond donors (Lipinski definition) is 0. The molecule has 0 fully saturated rings. The molecule has 8 heteroatoms. The van der Waals surface area contributed by atoms with Gasteiger partial charge in [0.25, 0.3) is 0 Å². The average Bonchev–Trinajstić information content (AvgIpc) is 2.30. The highest BCUT2D eigenvalue weighted by molar-refractivity contribution is 6.31. The van der Waals surface area contributed by atoms with Crippen LogP contribution in [0.4, 0.5) is 10.1 Å². The highest BCUT2D eigenvalue weighted by atomic mass is 35.5. The minimum atomic E-state index is -0.874. The van der Waals surface area contributed by atoms with E-state index in [-0.39, 0.29) is 12.4 Å². The van der Waals surface area contributed by atoms with Crippen molar-refractivity contribution in [1.29, 1.82) is 0 Å². The molecular formula is C10H9ClFNO5. The highest BCUT2D eigenvalue weighted by Gasteiger charge is 2.20. The molecule has 0 amide bonds. The smallest absolute Gasteiger partial charge is 0.344 e. The molecule has 0 heterocycles. The van der Waals surface area contributed by atoms with Gasteiger partial charge in [0.05, 0.1) is 16.6 Å². The Kier molecular flexibility index (Phi) is 4.85. The predicted octanol–water partition coefficient (Wildman–Crippen LogP) is 2.33. The predicted molar refractivity (Wildman–Crippen MR) is 60.2 cm³/mol. The van der Waals surface area contributed by atoms with E-state index in [1.807, 2.05) is 0 Å². The Hall–Kier alpha value is -1.89. The molecule has 0 aliphatic heterocycles. The summed E-state index contributed by atoms with van der Waals surface area (Å²) in [5.74, 6) is -1.96. The summed E-state index contributed by atoms with van der Waals surface area (Å²) in [7, 11) is 0. The summed E-state index contributed by atoms with van der Waals surface area (Å²) in [6.45, 7) is 1.21. The molecule has 0 aromatic heterocycles. The molecule has 0 spiro atoms. The number of carbonyl (C=O) groups excluding carboxylic acids is 1. The molecule has 18 heavy (non-hydrogen) atoms. The maximum Gasteiger partial charge on any atom is 0.344 e. The Morgan fingerprint density at radius 1 is 1.56 bits per heavy atom. The minimum absolute atomic E-state index is 0.152. The van der Waals surface area contributed by atoms with Crippen LogP contribution in [0, 0.1) is 15.9 Å². The van der Waals surface area contributed by atoms with Crippen LogP contribution in [0.2, 0.25) is 5.02 Å². The lowest BCUT2D eigenvalue weighted by Gasteiger charge is -2.07. The third-order valence-electron chi connectivity index (χ3n) is 1.85. The molecule has 1 rings (SSSR count). The quantitative estimate of drug-likeness (QED) is 0.469. The van der Waals surface area contributed by atoms with Crippen LogP contribution in [0.3, 0.4) is 0 Å². The summed E-state index contributed by atoms with van der Waals surface area (Å²) in [6.07, 6.45) is 0. The number of nitro benzene ring substituents is 1. The van der Waals surface area contributed by atoms with Crippen LogP contribution in [0.1, 0.15) is 6.92 Å². The van der Waals surface area contributed by atoms with Crippen molar-refractivity contribution in [2.75, 3.05) is 13.2 Å². The van der Waals surface area contributed by atoms with Gasteiger partial charge in [-0.25, -0.2) is 9.18 Å². The van der Waals surface area contributed by atoms with Crippen molar-refractivity contribution in [2.45, 2.75) is 6.92 Å². The first-order chi connectivity index (χ1) is 8.45. The van der Waals surface area contributed by atoms with E-state index in [9.17, 15) is 19.3 Å². The van der Waals surface area contributed by atoms with E-state index in [1.165, 1.54) is 0 Å². The molecule has 98 valence electrons. The van der Waals surface area contributed by atoms with Gasteiger partial charge in [-0.05, 0) is 6.92 Å². The number of carbonyl (C=O) groups is 1. The molecule has 0 saturated heterocycles. The molecule has 0 unspecified atom stereocenters. The van der Waals surface area contributed by atoms with Gasteiger partial charge < -0.3 is 9.47 Å². The largest absolute Gasteiger partial charge is 0.475 e. The second kappa shape index (κ2) is 6.15. The van der Waals surface area contributed by atoms with Crippen LogP contribution < -0.4 is 4.74 Å². The van der Waals surface area contributed by atoms with Gasteiger partial charge in [0, 0.05) is 12.1 Å². The number of benzene rings is 1. The van der Waals surface area contributed by atoms with Crippen LogP contribution in [0.25, 0.3) is 0 Å². The van der Waals surface area contributed by atoms with Crippen molar-refractivity contribution in [2.24, 2.45) is 0 Å². The monoisotopic (exact) mass is 277 g/mol. The first kappa shape index (κ1) is 14.2. The van der Waals surface area contributed by atoms with Gasteiger partial charge in [-0.3, -0.25) is 10.1 Å². The summed E-state index contributed by atoms with van der Waals surface area (Å²) >= 11 is 5.42. The molecule has 0 aliphatic rings. The molecular weight excluding hydrogens is 269 g/mol. The van der Waals surface area contributed by atoms with E-state index in [4.69, 9.17) is 16.3 Å². The van der Waals surface area contributed by atoms with Gasteiger partial charge in [-0.1, -0.05) is 11.6 Å². The maximum absolute atomic E-state index is 13.1. The van der Waals surface area contributed by atoms with Crippen molar-refractivity contribution in [3.05, 3.63) is 33.1 Å². The summed E-state index contributed by atoms with van der Waals surface area (Å²) in [6, 6.07) is 1.57. The Morgan fingerprint density at radius 2 is 2.22 bits per heavy atom. The maximum atomic E-state index is 13.1. The lowest BCUT2D eigenvalue weighted by molar-refractivity contribution is -0.385. The van der Waals surface area contributed by atoms with Crippen molar-refractivity contribution < 1.29 is 23.6 Å². The number of rotatable bonds is 5. The normalized spacial score (nSPS) is 9.94. The van der Waals surface area contributed by atoms with E-state index in [2.05, 4.69) is 4.74 Å². The Labute approximate surface area is 106 Å². The number of hydrogen-bond acceptors (Lipinski definition) is 5. The zero-order chi connectivity index (χ0) is 13.7.